The molecule has 1 aromatic carbocycles. The maximum Gasteiger partial charge on any atom is 0.273 e. The first-order valence-corrected chi connectivity index (χ1v) is 9.89. The fraction of sp³-hybridized carbons (Fsp3) is 0.409. The number of imidazole rings is 1. The Bertz CT molecular complexity index is 932. The minimum absolute atomic E-state index is 0.198. The van der Waals surface area contributed by atoms with Crippen LogP contribution in [0.5, 0.6) is 5.75 Å². The van der Waals surface area contributed by atoms with Gasteiger partial charge in [-0.15, -0.1) is 0 Å². The summed E-state index contributed by atoms with van der Waals surface area (Å²) < 4.78 is 7.56. The maximum atomic E-state index is 12.5. The van der Waals surface area contributed by atoms with Gasteiger partial charge in [0.05, 0.1) is 6.61 Å². The molecular weight excluding hydrogens is 352 g/mol. The van der Waals surface area contributed by atoms with Crippen LogP contribution >= 0.6 is 0 Å². The van der Waals surface area contributed by atoms with E-state index in [4.69, 9.17) is 4.74 Å². The van der Waals surface area contributed by atoms with Crippen molar-refractivity contribution in [1.29, 1.82) is 0 Å². The highest BCUT2D eigenvalue weighted by Gasteiger charge is 2.15. The molecule has 0 spiro atoms. The second-order valence-corrected chi connectivity index (χ2v) is 7.03. The molecule has 2 heterocycles. The quantitative estimate of drug-likeness (QED) is 0.572. The Hall–Kier alpha value is -2.89. The first kappa shape index (κ1) is 19.9. The molecule has 0 aliphatic rings. The molecule has 0 bridgehead atoms. The van der Waals surface area contributed by atoms with E-state index in [9.17, 15) is 4.79 Å². The Morgan fingerprint density at radius 3 is 2.71 bits per heavy atom. The van der Waals surface area contributed by atoms with Crippen LogP contribution in [0.15, 0.2) is 36.7 Å². The molecular formula is C22H28N4O2. The van der Waals surface area contributed by atoms with E-state index < -0.39 is 0 Å². The van der Waals surface area contributed by atoms with Crippen molar-refractivity contribution in [3.05, 3.63) is 59.3 Å². The fourth-order valence-electron chi connectivity index (χ4n) is 3.14. The molecule has 0 saturated carbocycles. The monoisotopic (exact) mass is 380 g/mol. The number of carbonyl (C=O) groups is 1. The van der Waals surface area contributed by atoms with Crippen LogP contribution in [0.2, 0.25) is 0 Å². The van der Waals surface area contributed by atoms with E-state index in [-0.39, 0.29) is 5.91 Å². The number of ether oxygens (including phenoxy) is 1. The summed E-state index contributed by atoms with van der Waals surface area (Å²) in [6.07, 6.45) is 5.86. The average Bonchev–Trinajstić information content (AvgIpc) is 3.10. The number of nitrogens with one attached hydrogen (secondary N) is 1. The van der Waals surface area contributed by atoms with Gasteiger partial charge in [-0.25, -0.2) is 9.97 Å². The van der Waals surface area contributed by atoms with Gasteiger partial charge < -0.3 is 10.1 Å². The van der Waals surface area contributed by atoms with E-state index in [1.54, 1.807) is 6.33 Å². The van der Waals surface area contributed by atoms with E-state index >= 15 is 0 Å². The number of amides is 1. The lowest BCUT2D eigenvalue weighted by Crippen LogP contribution is -2.26. The Morgan fingerprint density at radius 2 is 1.96 bits per heavy atom. The molecule has 0 radical (unpaired) electrons. The molecule has 2 aromatic heterocycles. The molecule has 28 heavy (non-hydrogen) atoms. The molecule has 0 atom stereocenters. The third-order valence-corrected chi connectivity index (χ3v) is 4.68. The maximum absolute atomic E-state index is 12.5. The van der Waals surface area contributed by atoms with Crippen LogP contribution in [0.4, 0.5) is 0 Å². The second-order valence-electron chi connectivity index (χ2n) is 7.03. The summed E-state index contributed by atoms with van der Waals surface area (Å²) in [5.74, 6) is 0.695. The molecule has 6 nitrogen and oxygen atoms in total. The fourth-order valence-corrected chi connectivity index (χ4v) is 3.14. The number of benzene rings is 1. The topological polar surface area (TPSA) is 68.5 Å². The van der Waals surface area contributed by atoms with Crippen molar-refractivity contribution in [2.24, 2.45) is 0 Å². The van der Waals surface area contributed by atoms with Crippen molar-refractivity contribution in [3.63, 3.8) is 0 Å². The van der Waals surface area contributed by atoms with Crippen molar-refractivity contribution >= 4 is 11.6 Å². The molecule has 3 rings (SSSR count). The molecule has 0 unspecified atom stereocenters. The van der Waals surface area contributed by atoms with E-state index in [1.165, 1.54) is 12.8 Å². The smallest absolute Gasteiger partial charge is 0.273 e. The molecule has 0 aliphatic heterocycles. The van der Waals surface area contributed by atoms with Gasteiger partial charge in [0, 0.05) is 17.9 Å². The van der Waals surface area contributed by atoms with Gasteiger partial charge in [-0.05, 0) is 50.5 Å². The normalized spacial score (nSPS) is 11.0. The second kappa shape index (κ2) is 9.35. The standard InChI is InChI=1S/C22H28N4O2/c1-4-5-6-13-28-19-9-7-18(8-10-19)11-12-23-22(27)20-21-25-16(2)14-17(3)26(21)15-24-20/h7-10,14-15H,4-6,11-13H2,1-3H3,(H,23,27). The highest BCUT2D eigenvalue weighted by molar-refractivity contribution is 5.98. The number of hydrogen-bond acceptors (Lipinski definition) is 4. The summed E-state index contributed by atoms with van der Waals surface area (Å²) >= 11 is 0. The predicted molar refractivity (Wildman–Crippen MR) is 110 cm³/mol. The minimum Gasteiger partial charge on any atom is -0.494 e. The number of unbranched alkanes of at least 4 members (excludes halogenated alkanes) is 2. The van der Waals surface area contributed by atoms with Crippen LogP contribution in [0, 0.1) is 13.8 Å². The van der Waals surface area contributed by atoms with Gasteiger partial charge in [-0.2, -0.15) is 0 Å². The number of hydrogen-bond donors (Lipinski definition) is 1. The molecule has 0 saturated heterocycles. The van der Waals surface area contributed by atoms with Crippen LogP contribution in [-0.2, 0) is 6.42 Å². The van der Waals surface area contributed by atoms with Gasteiger partial charge in [0.15, 0.2) is 11.3 Å². The number of rotatable bonds is 9. The van der Waals surface area contributed by atoms with Gasteiger partial charge in [0.25, 0.3) is 5.91 Å². The SMILES string of the molecule is CCCCCOc1ccc(CCNC(=O)c2ncn3c(C)cc(C)nc23)cc1. The molecule has 148 valence electrons. The van der Waals surface area contributed by atoms with Crippen LogP contribution in [0.1, 0.15) is 53.6 Å². The number of aryl methyl sites for hydroxylation is 2. The zero-order valence-corrected chi connectivity index (χ0v) is 16.9. The zero-order valence-electron chi connectivity index (χ0n) is 16.9. The minimum atomic E-state index is -0.198. The third-order valence-electron chi connectivity index (χ3n) is 4.68. The van der Waals surface area contributed by atoms with Crippen LogP contribution < -0.4 is 10.1 Å². The van der Waals surface area contributed by atoms with Crippen LogP contribution in [-0.4, -0.2) is 33.4 Å². The number of fused-ring (bicyclic) bond motifs is 1. The summed E-state index contributed by atoms with van der Waals surface area (Å²) in [5, 5.41) is 2.94. The average molecular weight is 380 g/mol. The van der Waals surface area contributed by atoms with Gasteiger partial charge >= 0.3 is 0 Å². The Morgan fingerprint density at radius 1 is 1.18 bits per heavy atom. The van der Waals surface area contributed by atoms with Crippen LogP contribution in [0.3, 0.4) is 0 Å². The lowest BCUT2D eigenvalue weighted by Gasteiger charge is -2.08. The Kier molecular flexibility index (Phi) is 6.63. The summed E-state index contributed by atoms with van der Waals surface area (Å²) in [4.78, 5) is 21.2. The Balaban J connectivity index is 1.52. The first-order chi connectivity index (χ1) is 13.6. The zero-order chi connectivity index (χ0) is 19.9. The lowest BCUT2D eigenvalue weighted by molar-refractivity contribution is 0.0951. The highest BCUT2D eigenvalue weighted by Crippen LogP contribution is 2.14. The van der Waals surface area contributed by atoms with Gasteiger partial charge in [0.1, 0.15) is 12.1 Å². The summed E-state index contributed by atoms with van der Waals surface area (Å²) in [5.41, 5.74) is 3.99. The Labute approximate surface area is 166 Å². The predicted octanol–water partition coefficient (Wildman–Crippen LogP) is 3.89. The molecule has 1 amide bonds. The van der Waals surface area contributed by atoms with E-state index in [1.807, 2.05) is 48.6 Å². The van der Waals surface area contributed by atoms with Crippen molar-refractivity contribution in [1.82, 2.24) is 19.7 Å². The van der Waals surface area contributed by atoms with Gasteiger partial charge in [-0.3, -0.25) is 9.20 Å². The molecule has 3 aromatic rings. The largest absolute Gasteiger partial charge is 0.494 e. The van der Waals surface area contributed by atoms with Gasteiger partial charge in [-0.1, -0.05) is 31.9 Å². The molecule has 0 fully saturated rings. The van der Waals surface area contributed by atoms with Crippen molar-refractivity contribution < 1.29 is 9.53 Å². The highest BCUT2D eigenvalue weighted by atomic mass is 16.5. The lowest BCUT2D eigenvalue weighted by atomic mass is 10.1. The molecule has 0 aliphatic carbocycles. The number of aromatic nitrogens is 3. The summed E-state index contributed by atoms with van der Waals surface area (Å²) in [7, 11) is 0. The van der Waals surface area contributed by atoms with Crippen molar-refractivity contribution in [3.8, 4) is 5.75 Å². The van der Waals surface area contributed by atoms with Crippen molar-refractivity contribution in [2.45, 2.75) is 46.5 Å². The van der Waals surface area contributed by atoms with E-state index in [0.29, 0.717) is 17.9 Å². The molecule has 6 heteroatoms. The van der Waals surface area contributed by atoms with Crippen molar-refractivity contribution in [2.75, 3.05) is 13.2 Å². The third kappa shape index (κ3) is 4.88. The summed E-state index contributed by atoms with van der Waals surface area (Å²) in [6, 6.07) is 10.0. The van der Waals surface area contributed by atoms with E-state index in [2.05, 4.69) is 22.2 Å². The first-order valence-electron chi connectivity index (χ1n) is 9.89. The van der Waals surface area contributed by atoms with Gasteiger partial charge in [0.2, 0.25) is 0 Å². The number of nitrogens with zero attached hydrogens (tertiary/aromatic N) is 3. The molecule has 1 N–H and O–H groups in total. The van der Waals surface area contributed by atoms with Crippen LogP contribution in [0.25, 0.3) is 5.65 Å². The van der Waals surface area contributed by atoms with E-state index in [0.717, 1.165) is 42.1 Å². The summed E-state index contributed by atoms with van der Waals surface area (Å²) in [6.45, 7) is 7.37. The number of carbonyl (C=O) groups excluding carboxylic acids is 1.